The first kappa shape index (κ1) is 20.3. The Morgan fingerprint density at radius 3 is 2.96 bits per heavy atom. The van der Waals surface area contributed by atoms with E-state index in [-0.39, 0.29) is 5.91 Å². The van der Waals surface area contributed by atoms with E-state index in [9.17, 15) is 4.79 Å². The largest absolute Gasteiger partial charge is 0.497 e. The van der Waals surface area contributed by atoms with E-state index >= 15 is 0 Å². The number of benzene rings is 1. The highest BCUT2D eigenvalue weighted by atomic mass is 32.2. The van der Waals surface area contributed by atoms with Crippen molar-refractivity contribution in [3.63, 3.8) is 0 Å². The number of hydrogen-bond donors (Lipinski definition) is 1. The average molecular weight is 377 g/mol. The fourth-order valence-electron chi connectivity index (χ4n) is 2.64. The molecule has 1 aromatic heterocycles. The molecule has 0 aliphatic rings. The van der Waals surface area contributed by atoms with Gasteiger partial charge in [0.15, 0.2) is 5.16 Å². The minimum absolute atomic E-state index is 0.0325. The van der Waals surface area contributed by atoms with Crippen LogP contribution in [0.1, 0.15) is 39.5 Å². The van der Waals surface area contributed by atoms with Crippen LogP contribution in [0.3, 0.4) is 0 Å². The van der Waals surface area contributed by atoms with Crippen molar-refractivity contribution in [2.24, 2.45) is 5.92 Å². The molecule has 0 radical (unpaired) electrons. The minimum atomic E-state index is 0.0325. The van der Waals surface area contributed by atoms with E-state index in [1.165, 1.54) is 31.0 Å². The summed E-state index contributed by atoms with van der Waals surface area (Å²) in [6, 6.07) is 7.66. The Balaban J connectivity index is 1.88. The fraction of sp³-hybridized carbons (Fsp3) is 0.526. The molecule has 0 saturated carbocycles. The molecular weight excluding hydrogens is 348 g/mol. The van der Waals surface area contributed by atoms with Gasteiger partial charge in [0.1, 0.15) is 12.1 Å². The summed E-state index contributed by atoms with van der Waals surface area (Å²) in [5.41, 5.74) is 0.905. The third kappa shape index (κ3) is 6.05. The molecule has 0 unspecified atom stereocenters. The number of carbonyl (C=O) groups is 1. The van der Waals surface area contributed by atoms with Crippen molar-refractivity contribution in [3.05, 3.63) is 30.6 Å². The van der Waals surface area contributed by atoms with Crippen LogP contribution >= 0.6 is 11.8 Å². The third-order valence-corrected chi connectivity index (χ3v) is 5.25. The molecule has 6 nitrogen and oxygen atoms in total. The number of methoxy groups -OCH3 is 1. The van der Waals surface area contributed by atoms with Gasteiger partial charge in [-0.1, -0.05) is 50.9 Å². The number of thioether (sulfide) groups is 1. The summed E-state index contributed by atoms with van der Waals surface area (Å²) in [4.78, 5) is 12.2. The Morgan fingerprint density at radius 2 is 2.23 bits per heavy atom. The number of carbonyl (C=O) groups excluding carboxylic acids is 1. The van der Waals surface area contributed by atoms with E-state index in [1.54, 1.807) is 13.4 Å². The SMILES string of the molecule is CCCC[C@H](CC)CNC(=O)CSc1nncn1-c1cccc(OC)c1. The number of unbranched alkanes of at least 4 members (excludes halogenated alkanes) is 1. The summed E-state index contributed by atoms with van der Waals surface area (Å²) >= 11 is 1.38. The van der Waals surface area contributed by atoms with Crippen molar-refractivity contribution in [1.82, 2.24) is 20.1 Å². The molecule has 1 aromatic carbocycles. The molecule has 0 aliphatic carbocycles. The highest BCUT2D eigenvalue weighted by Gasteiger charge is 2.12. The van der Waals surface area contributed by atoms with E-state index < -0.39 is 0 Å². The average Bonchev–Trinajstić information content (AvgIpc) is 3.15. The van der Waals surface area contributed by atoms with Gasteiger partial charge in [-0.05, 0) is 24.5 Å². The molecule has 0 aliphatic heterocycles. The van der Waals surface area contributed by atoms with Crippen molar-refractivity contribution >= 4 is 17.7 Å². The summed E-state index contributed by atoms with van der Waals surface area (Å²) in [7, 11) is 1.63. The van der Waals surface area contributed by atoms with Gasteiger partial charge in [0.05, 0.1) is 18.6 Å². The van der Waals surface area contributed by atoms with E-state index in [1.807, 2.05) is 28.8 Å². The fourth-order valence-corrected chi connectivity index (χ4v) is 3.40. The molecule has 0 fully saturated rings. The van der Waals surface area contributed by atoms with Crippen molar-refractivity contribution in [2.45, 2.75) is 44.7 Å². The second-order valence-corrected chi connectivity index (χ2v) is 7.14. The topological polar surface area (TPSA) is 69.0 Å². The number of aromatic nitrogens is 3. The molecule has 1 amide bonds. The zero-order chi connectivity index (χ0) is 18.8. The van der Waals surface area contributed by atoms with Crippen LogP contribution in [0.4, 0.5) is 0 Å². The normalized spacial score (nSPS) is 12.0. The van der Waals surface area contributed by atoms with Gasteiger partial charge in [0.25, 0.3) is 0 Å². The molecule has 0 bridgehead atoms. The number of nitrogens with one attached hydrogen (secondary N) is 1. The lowest BCUT2D eigenvalue weighted by Gasteiger charge is -2.15. The number of amides is 1. The van der Waals surface area contributed by atoms with Gasteiger partial charge in [-0.15, -0.1) is 10.2 Å². The molecule has 2 aromatic rings. The molecule has 1 heterocycles. The summed E-state index contributed by atoms with van der Waals surface area (Å²) < 4.78 is 7.12. The molecule has 2 rings (SSSR count). The van der Waals surface area contributed by atoms with Crippen LogP contribution in [0.2, 0.25) is 0 Å². The van der Waals surface area contributed by atoms with Crippen molar-refractivity contribution in [1.29, 1.82) is 0 Å². The first-order chi connectivity index (χ1) is 12.7. The van der Waals surface area contributed by atoms with Gasteiger partial charge in [0.2, 0.25) is 5.91 Å². The zero-order valence-corrected chi connectivity index (χ0v) is 16.6. The Morgan fingerprint density at radius 1 is 1.38 bits per heavy atom. The van der Waals surface area contributed by atoms with E-state index in [0.29, 0.717) is 16.8 Å². The van der Waals surface area contributed by atoms with Crippen LogP contribution in [0.5, 0.6) is 5.75 Å². The van der Waals surface area contributed by atoms with Crippen LogP contribution in [0.15, 0.2) is 35.7 Å². The van der Waals surface area contributed by atoms with Crippen LogP contribution in [-0.4, -0.2) is 40.1 Å². The molecule has 1 atom stereocenters. The Bertz CT molecular complexity index is 690. The van der Waals surface area contributed by atoms with Crippen molar-refractivity contribution in [2.75, 3.05) is 19.4 Å². The summed E-state index contributed by atoms with van der Waals surface area (Å²) in [5, 5.41) is 11.8. The lowest BCUT2D eigenvalue weighted by Crippen LogP contribution is -2.30. The zero-order valence-electron chi connectivity index (χ0n) is 15.8. The van der Waals surface area contributed by atoms with Gasteiger partial charge >= 0.3 is 0 Å². The van der Waals surface area contributed by atoms with Gasteiger partial charge in [-0.25, -0.2) is 0 Å². The molecule has 0 spiro atoms. The third-order valence-electron chi connectivity index (χ3n) is 4.31. The molecule has 1 N–H and O–H groups in total. The van der Waals surface area contributed by atoms with Gasteiger partial charge < -0.3 is 10.1 Å². The standard InChI is InChI=1S/C19H28N4O2S/c1-4-6-8-15(5-2)12-20-18(24)13-26-19-22-21-14-23(19)16-9-7-10-17(11-16)25-3/h7,9-11,14-15H,4-6,8,12-13H2,1-3H3,(H,20,24)/t15-/m0/s1. The van der Waals surface area contributed by atoms with Crippen molar-refractivity contribution in [3.8, 4) is 11.4 Å². The van der Waals surface area contributed by atoms with E-state index in [2.05, 4.69) is 29.4 Å². The maximum absolute atomic E-state index is 12.2. The van der Waals surface area contributed by atoms with Gasteiger partial charge in [0, 0.05) is 12.6 Å². The number of ether oxygens (including phenoxy) is 1. The first-order valence-electron chi connectivity index (χ1n) is 9.11. The number of rotatable bonds is 11. The predicted molar refractivity (Wildman–Crippen MR) is 105 cm³/mol. The highest BCUT2D eigenvalue weighted by molar-refractivity contribution is 7.99. The second-order valence-electron chi connectivity index (χ2n) is 6.19. The lowest BCUT2D eigenvalue weighted by atomic mass is 9.99. The summed E-state index contributed by atoms with van der Waals surface area (Å²) in [6.45, 7) is 5.12. The summed E-state index contributed by atoms with van der Waals surface area (Å²) in [5.74, 6) is 1.68. The Hall–Kier alpha value is -2.02. The molecule has 7 heteroatoms. The quantitative estimate of drug-likeness (QED) is 0.606. The van der Waals surface area contributed by atoms with E-state index in [4.69, 9.17) is 4.74 Å². The maximum Gasteiger partial charge on any atom is 0.230 e. The Labute approximate surface area is 159 Å². The number of nitrogens with zero attached hydrogens (tertiary/aromatic N) is 3. The van der Waals surface area contributed by atoms with Crippen LogP contribution in [-0.2, 0) is 4.79 Å². The molecular formula is C19H28N4O2S. The monoisotopic (exact) mass is 376 g/mol. The van der Waals surface area contributed by atoms with Gasteiger partial charge in [-0.2, -0.15) is 0 Å². The second kappa shape index (κ2) is 10.9. The lowest BCUT2D eigenvalue weighted by molar-refractivity contribution is -0.118. The smallest absolute Gasteiger partial charge is 0.230 e. The van der Waals surface area contributed by atoms with Crippen molar-refractivity contribution < 1.29 is 9.53 Å². The molecule has 26 heavy (non-hydrogen) atoms. The van der Waals surface area contributed by atoms with Crippen LogP contribution < -0.4 is 10.1 Å². The van der Waals surface area contributed by atoms with Crippen LogP contribution in [0, 0.1) is 5.92 Å². The Kier molecular flexibility index (Phi) is 8.47. The molecule has 0 saturated heterocycles. The minimum Gasteiger partial charge on any atom is -0.497 e. The predicted octanol–water partition coefficient (Wildman–Crippen LogP) is 3.70. The van der Waals surface area contributed by atoms with Gasteiger partial charge in [-0.3, -0.25) is 9.36 Å². The molecule has 142 valence electrons. The summed E-state index contributed by atoms with van der Waals surface area (Å²) in [6.07, 6.45) is 6.32. The van der Waals surface area contributed by atoms with Crippen LogP contribution in [0.25, 0.3) is 5.69 Å². The maximum atomic E-state index is 12.2. The van der Waals surface area contributed by atoms with E-state index in [0.717, 1.165) is 24.4 Å². The highest BCUT2D eigenvalue weighted by Crippen LogP contribution is 2.22. The first-order valence-corrected chi connectivity index (χ1v) is 10.1. The number of hydrogen-bond acceptors (Lipinski definition) is 5.